The van der Waals surface area contributed by atoms with E-state index in [1.807, 2.05) is 24.3 Å². The fraction of sp³-hybridized carbons (Fsp3) is 0.409. The van der Waals surface area contributed by atoms with Gasteiger partial charge in [-0.15, -0.1) is 0 Å². The van der Waals surface area contributed by atoms with Crippen LogP contribution < -0.4 is 14.4 Å². The van der Waals surface area contributed by atoms with E-state index in [9.17, 15) is 17.6 Å². The number of nitrogens with one attached hydrogen (secondary N) is 1. The van der Waals surface area contributed by atoms with Crippen molar-refractivity contribution in [3.63, 3.8) is 0 Å². The molecule has 1 amide bonds. The van der Waals surface area contributed by atoms with Gasteiger partial charge in [0.1, 0.15) is 23.7 Å². The normalized spacial score (nSPS) is 17.5. The van der Waals surface area contributed by atoms with Crippen LogP contribution >= 0.6 is 0 Å². The average Bonchev–Trinajstić information content (AvgIpc) is 2.72. The minimum absolute atomic E-state index is 0.234. The van der Waals surface area contributed by atoms with Crippen LogP contribution in [0, 0.1) is 5.82 Å². The molecule has 2 aromatic carbocycles. The van der Waals surface area contributed by atoms with Gasteiger partial charge < -0.3 is 10.1 Å². The summed E-state index contributed by atoms with van der Waals surface area (Å²) in [6, 6.07) is 12.3. The number of fused-ring (bicyclic) bond motifs is 1. The van der Waals surface area contributed by atoms with Gasteiger partial charge in [0, 0.05) is 12.0 Å². The van der Waals surface area contributed by atoms with Crippen molar-refractivity contribution in [1.29, 1.82) is 0 Å². The number of hydrogen-bond acceptors (Lipinski definition) is 4. The summed E-state index contributed by atoms with van der Waals surface area (Å²) in [6.07, 6.45) is 3.19. The number of carbonyl (C=O) groups is 1. The first-order valence-corrected chi connectivity index (χ1v) is 11.8. The van der Waals surface area contributed by atoms with Crippen LogP contribution in [-0.2, 0) is 14.8 Å². The highest BCUT2D eigenvalue weighted by molar-refractivity contribution is 7.92. The largest absolute Gasteiger partial charge is 0.487 e. The van der Waals surface area contributed by atoms with Gasteiger partial charge in [0.25, 0.3) is 0 Å². The Balaban J connectivity index is 1.84. The first-order valence-electron chi connectivity index (χ1n) is 9.98. The van der Waals surface area contributed by atoms with Gasteiger partial charge in [0.05, 0.1) is 18.0 Å². The van der Waals surface area contributed by atoms with Crippen LogP contribution in [0.2, 0.25) is 0 Å². The molecular weight excluding hydrogens is 407 g/mol. The zero-order valence-corrected chi connectivity index (χ0v) is 18.2. The lowest BCUT2D eigenvalue weighted by Gasteiger charge is -2.41. The summed E-state index contributed by atoms with van der Waals surface area (Å²) in [5.41, 5.74) is 0.716. The summed E-state index contributed by atoms with van der Waals surface area (Å²) in [5, 5.41) is 2.98. The van der Waals surface area contributed by atoms with Crippen LogP contribution in [0.3, 0.4) is 0 Å². The number of amides is 1. The van der Waals surface area contributed by atoms with Crippen LogP contribution in [0.4, 0.5) is 10.1 Å². The van der Waals surface area contributed by atoms with E-state index in [0.717, 1.165) is 46.8 Å². The molecule has 1 aliphatic rings. The first kappa shape index (κ1) is 22.1. The Morgan fingerprint density at radius 2 is 1.80 bits per heavy atom. The highest BCUT2D eigenvalue weighted by Crippen LogP contribution is 2.42. The van der Waals surface area contributed by atoms with E-state index in [0.29, 0.717) is 6.42 Å². The van der Waals surface area contributed by atoms with Crippen molar-refractivity contribution in [2.75, 3.05) is 17.1 Å². The van der Waals surface area contributed by atoms with Gasteiger partial charge in [-0.1, -0.05) is 32.0 Å². The molecule has 0 fully saturated rings. The van der Waals surface area contributed by atoms with Gasteiger partial charge in [-0.3, -0.25) is 9.10 Å². The van der Waals surface area contributed by atoms with Crippen LogP contribution in [0.25, 0.3) is 0 Å². The van der Waals surface area contributed by atoms with Crippen molar-refractivity contribution in [2.24, 2.45) is 0 Å². The Bertz CT molecular complexity index is 1000. The van der Waals surface area contributed by atoms with E-state index >= 15 is 0 Å². The molecule has 1 atom stereocenters. The van der Waals surface area contributed by atoms with E-state index in [2.05, 4.69) is 19.2 Å². The zero-order chi connectivity index (χ0) is 21.9. The van der Waals surface area contributed by atoms with Gasteiger partial charge in [-0.05, 0) is 43.2 Å². The van der Waals surface area contributed by atoms with E-state index in [1.54, 1.807) is 0 Å². The zero-order valence-electron chi connectivity index (χ0n) is 17.4. The van der Waals surface area contributed by atoms with Gasteiger partial charge in [0.2, 0.25) is 15.9 Å². The number of anilines is 1. The molecule has 6 nitrogen and oxygen atoms in total. The molecule has 0 aromatic heterocycles. The number of ether oxygens (including phenoxy) is 1. The van der Waals surface area contributed by atoms with Crippen molar-refractivity contribution < 1.29 is 22.3 Å². The predicted octanol–water partition coefficient (Wildman–Crippen LogP) is 3.79. The summed E-state index contributed by atoms with van der Waals surface area (Å²) < 4.78 is 45.0. The minimum atomic E-state index is -3.73. The molecule has 1 N–H and O–H groups in total. The van der Waals surface area contributed by atoms with Crippen molar-refractivity contribution in [1.82, 2.24) is 5.32 Å². The highest BCUT2D eigenvalue weighted by atomic mass is 32.2. The van der Waals surface area contributed by atoms with Crippen LogP contribution in [0.15, 0.2) is 48.5 Å². The van der Waals surface area contributed by atoms with E-state index < -0.39 is 28.3 Å². The maximum Gasteiger partial charge on any atom is 0.241 e. The standard InChI is InChI=1S/C22H27FN2O4S/c1-4-22(5-2)14-19(18-8-6-7-9-20(18)29-22)24-21(26)15-25(30(3,27)28)17-12-10-16(23)11-13-17/h6-13,19H,4-5,14-15H2,1-3H3,(H,24,26)/t19-/m1/s1. The minimum Gasteiger partial charge on any atom is -0.487 e. The molecule has 0 saturated carbocycles. The molecule has 162 valence electrons. The molecule has 0 saturated heterocycles. The number of nitrogens with zero attached hydrogens (tertiary/aromatic N) is 1. The molecule has 0 aliphatic carbocycles. The van der Waals surface area contributed by atoms with Crippen molar-refractivity contribution in [3.05, 3.63) is 59.9 Å². The summed E-state index contributed by atoms with van der Waals surface area (Å²) in [7, 11) is -3.73. The lowest BCUT2D eigenvalue weighted by molar-refractivity contribution is -0.121. The molecule has 1 aliphatic heterocycles. The number of sulfonamides is 1. The van der Waals surface area contributed by atoms with Gasteiger partial charge in [-0.2, -0.15) is 0 Å². The maximum absolute atomic E-state index is 13.2. The quantitative estimate of drug-likeness (QED) is 0.719. The third-order valence-electron chi connectivity index (χ3n) is 5.62. The smallest absolute Gasteiger partial charge is 0.241 e. The monoisotopic (exact) mass is 434 g/mol. The fourth-order valence-corrected chi connectivity index (χ4v) is 4.66. The molecular formula is C22H27FN2O4S. The second kappa shape index (κ2) is 8.63. The van der Waals surface area contributed by atoms with Crippen molar-refractivity contribution in [3.8, 4) is 5.75 Å². The van der Waals surface area contributed by atoms with Crippen molar-refractivity contribution in [2.45, 2.75) is 44.8 Å². The Morgan fingerprint density at radius 3 is 2.40 bits per heavy atom. The van der Waals surface area contributed by atoms with E-state index in [1.165, 1.54) is 12.1 Å². The van der Waals surface area contributed by atoms with Crippen LogP contribution in [0.5, 0.6) is 5.75 Å². The summed E-state index contributed by atoms with van der Waals surface area (Å²) >= 11 is 0. The lowest BCUT2D eigenvalue weighted by atomic mass is 9.83. The second-order valence-electron chi connectivity index (χ2n) is 7.60. The number of hydrogen-bond donors (Lipinski definition) is 1. The molecule has 0 unspecified atom stereocenters. The summed E-state index contributed by atoms with van der Waals surface area (Å²) in [4.78, 5) is 12.9. The molecule has 2 aromatic rings. The Hall–Kier alpha value is -2.61. The molecule has 8 heteroatoms. The summed E-state index contributed by atoms with van der Waals surface area (Å²) in [5.74, 6) is -0.185. The molecule has 0 spiro atoms. The fourth-order valence-electron chi connectivity index (χ4n) is 3.81. The number of halogens is 1. The van der Waals surface area contributed by atoms with Gasteiger partial charge >= 0.3 is 0 Å². The highest BCUT2D eigenvalue weighted by Gasteiger charge is 2.39. The Kier molecular flexibility index (Phi) is 6.36. The Morgan fingerprint density at radius 1 is 1.17 bits per heavy atom. The van der Waals surface area contributed by atoms with E-state index in [4.69, 9.17) is 4.74 Å². The average molecular weight is 435 g/mol. The van der Waals surface area contributed by atoms with E-state index in [-0.39, 0.29) is 17.3 Å². The van der Waals surface area contributed by atoms with Crippen LogP contribution in [0.1, 0.15) is 44.7 Å². The topological polar surface area (TPSA) is 75.7 Å². The van der Waals surface area contributed by atoms with Crippen LogP contribution in [-0.4, -0.2) is 32.7 Å². The number of para-hydroxylation sites is 1. The van der Waals surface area contributed by atoms with Gasteiger partial charge in [-0.25, -0.2) is 12.8 Å². The molecule has 30 heavy (non-hydrogen) atoms. The van der Waals surface area contributed by atoms with Gasteiger partial charge in [0.15, 0.2) is 0 Å². The third kappa shape index (κ3) is 4.75. The maximum atomic E-state index is 13.2. The molecule has 0 bridgehead atoms. The SMILES string of the molecule is CCC1(CC)C[C@@H](NC(=O)CN(c2ccc(F)cc2)S(C)(=O)=O)c2ccccc2O1. The Labute approximate surface area is 177 Å². The molecule has 1 heterocycles. The molecule has 0 radical (unpaired) electrons. The number of rotatable bonds is 7. The first-order chi connectivity index (χ1) is 14.2. The number of carbonyl (C=O) groups excluding carboxylic acids is 1. The molecule has 3 rings (SSSR count). The summed E-state index contributed by atoms with van der Waals surface area (Å²) in [6.45, 7) is 3.71. The predicted molar refractivity (Wildman–Crippen MR) is 114 cm³/mol. The third-order valence-corrected chi connectivity index (χ3v) is 6.76. The lowest BCUT2D eigenvalue weighted by Crippen LogP contribution is -2.47. The number of benzene rings is 2. The second-order valence-corrected chi connectivity index (χ2v) is 9.51. The van der Waals surface area contributed by atoms with Crippen molar-refractivity contribution >= 4 is 21.6 Å².